The number of hydrogen-bond acceptors (Lipinski definition) is 13. The van der Waals surface area contributed by atoms with Crippen molar-refractivity contribution >= 4 is 36.0 Å². The minimum atomic E-state index is -0.759. The number of aromatic nitrogens is 4. The number of carbonyl (C=O) groups excluding carboxylic acids is 4. The van der Waals surface area contributed by atoms with Crippen LogP contribution in [0.1, 0.15) is 70.5 Å². The molecule has 0 aromatic carbocycles. The van der Waals surface area contributed by atoms with E-state index in [9.17, 15) is 28.8 Å². The molecule has 0 aliphatic carbocycles. The van der Waals surface area contributed by atoms with Gasteiger partial charge in [0.2, 0.25) is 5.91 Å². The maximum absolute atomic E-state index is 13.2. The molecule has 0 radical (unpaired) electrons. The molecule has 4 heterocycles. The molecule has 2 aromatic rings. The number of hydrogen-bond donors (Lipinski definition) is 0. The van der Waals surface area contributed by atoms with Gasteiger partial charge in [-0.3, -0.25) is 28.5 Å². The second-order valence-electron chi connectivity index (χ2n) is 14.4. The quantitative estimate of drug-likeness (QED) is 0.190. The van der Waals surface area contributed by atoms with Crippen molar-refractivity contribution in [1.82, 2.24) is 19.1 Å². The molecule has 2 aliphatic rings. The van der Waals surface area contributed by atoms with Gasteiger partial charge in [0.25, 0.3) is 5.91 Å². The summed E-state index contributed by atoms with van der Waals surface area (Å²) in [4.78, 5) is 85.7. The topological polar surface area (TPSA) is 191 Å². The molecule has 2 aliphatic heterocycles. The van der Waals surface area contributed by atoms with Crippen molar-refractivity contribution in [2.24, 2.45) is 10.8 Å². The molecule has 2 saturated heterocycles. The summed E-state index contributed by atoms with van der Waals surface area (Å²) in [6, 6.07) is 0. The van der Waals surface area contributed by atoms with Crippen LogP contribution in [0.2, 0.25) is 0 Å². The molecule has 0 N–H and O–H groups in total. The Hall–Kier alpha value is -4.16. The number of ether oxygens (including phenoxy) is 5. The largest absolute Gasteiger partial charge is 0.378 e. The van der Waals surface area contributed by atoms with E-state index in [1.54, 1.807) is 26.2 Å². The molecule has 6 unspecified atom stereocenters. The van der Waals surface area contributed by atoms with E-state index in [0.717, 1.165) is 12.6 Å². The predicted molar refractivity (Wildman–Crippen MR) is 187 cm³/mol. The monoisotopic (exact) mass is 730 g/mol. The summed E-state index contributed by atoms with van der Waals surface area (Å²) in [6.07, 6.45) is 1.27. The van der Waals surface area contributed by atoms with Gasteiger partial charge in [0.05, 0.1) is 37.4 Å². The van der Waals surface area contributed by atoms with Crippen LogP contribution in [0.3, 0.4) is 0 Å². The third-order valence-corrected chi connectivity index (χ3v) is 9.98. The van der Waals surface area contributed by atoms with E-state index in [1.165, 1.54) is 47.2 Å². The van der Waals surface area contributed by atoms with Gasteiger partial charge in [-0.05, 0) is 13.8 Å². The van der Waals surface area contributed by atoms with Crippen LogP contribution in [-0.2, 0) is 42.9 Å². The molecule has 2 amide bonds. The van der Waals surface area contributed by atoms with E-state index >= 15 is 0 Å². The zero-order valence-electron chi connectivity index (χ0n) is 31.5. The standard InChI is InChI=1S/C35H50N6O11/c1-20-17-40(30-34(3,4)26(48-9)22(51-30)11-14-42)32(46)36-28(20)38(7)24(44)13-16-50-19-25(45)39(8)29-21(2)18-41(33(47)37-29)31-35(5,6)27(49-10)23(52-31)12-15-43/h14-15,17-18,22-23,26-27,30-31H,11-13,16,19H2,1-10H3. The fraction of sp³-hybridized carbons (Fsp3) is 0.657. The minimum absolute atomic E-state index is 0.107. The smallest absolute Gasteiger partial charge is 0.351 e. The first-order valence-corrected chi connectivity index (χ1v) is 17.0. The molecule has 0 spiro atoms. The number of aryl methyl sites for hydroxylation is 2. The van der Waals surface area contributed by atoms with Crippen LogP contribution < -0.4 is 21.2 Å². The van der Waals surface area contributed by atoms with Crippen molar-refractivity contribution < 1.29 is 42.9 Å². The molecule has 52 heavy (non-hydrogen) atoms. The van der Waals surface area contributed by atoms with Crippen molar-refractivity contribution in [3.05, 3.63) is 44.5 Å². The number of carbonyl (C=O) groups is 4. The number of likely N-dealkylation sites (N-methyl/N-ethyl adjacent to an activating group) is 1. The summed E-state index contributed by atoms with van der Waals surface area (Å²) in [5, 5.41) is 0. The zero-order valence-corrected chi connectivity index (χ0v) is 31.5. The van der Waals surface area contributed by atoms with Crippen molar-refractivity contribution in [2.45, 2.75) is 97.7 Å². The third-order valence-electron chi connectivity index (χ3n) is 9.98. The maximum atomic E-state index is 13.2. The van der Waals surface area contributed by atoms with Gasteiger partial charge in [0, 0.05) is 75.5 Å². The number of methoxy groups -OCH3 is 2. The van der Waals surface area contributed by atoms with Crippen LogP contribution in [0.25, 0.3) is 0 Å². The molecule has 17 nitrogen and oxygen atoms in total. The Morgan fingerprint density at radius 3 is 1.58 bits per heavy atom. The lowest BCUT2D eigenvalue weighted by molar-refractivity contribution is -0.125. The fourth-order valence-corrected chi connectivity index (χ4v) is 7.32. The molecule has 6 atom stereocenters. The van der Waals surface area contributed by atoms with Crippen molar-refractivity contribution in [3.8, 4) is 0 Å². The first kappa shape index (κ1) is 40.6. The molecule has 17 heteroatoms. The van der Waals surface area contributed by atoms with E-state index in [0.29, 0.717) is 11.1 Å². The van der Waals surface area contributed by atoms with Gasteiger partial charge in [-0.15, -0.1) is 0 Å². The van der Waals surface area contributed by atoms with Gasteiger partial charge in [0.1, 0.15) is 43.3 Å². The number of anilines is 2. The number of nitrogens with zero attached hydrogens (tertiary/aromatic N) is 6. The van der Waals surface area contributed by atoms with Gasteiger partial charge >= 0.3 is 11.4 Å². The van der Waals surface area contributed by atoms with Crippen LogP contribution in [0, 0.1) is 24.7 Å². The van der Waals surface area contributed by atoms with Gasteiger partial charge in [0.15, 0.2) is 0 Å². The van der Waals surface area contributed by atoms with Crippen LogP contribution in [0.4, 0.5) is 11.6 Å². The summed E-state index contributed by atoms with van der Waals surface area (Å²) in [5.41, 5.74) is -1.57. The first-order chi connectivity index (χ1) is 24.5. The normalized spacial score (nSPS) is 24.8. The second-order valence-corrected chi connectivity index (χ2v) is 14.4. The van der Waals surface area contributed by atoms with Crippen LogP contribution >= 0.6 is 0 Å². The summed E-state index contributed by atoms with van der Waals surface area (Å²) < 4.78 is 31.6. The maximum Gasteiger partial charge on any atom is 0.351 e. The van der Waals surface area contributed by atoms with E-state index < -0.39 is 77.5 Å². The number of amides is 2. The number of aldehydes is 2. The summed E-state index contributed by atoms with van der Waals surface area (Å²) in [5.74, 6) is -0.610. The Balaban J connectivity index is 1.36. The number of rotatable bonds is 15. The molecule has 2 fully saturated rings. The minimum Gasteiger partial charge on any atom is -0.378 e. The van der Waals surface area contributed by atoms with E-state index in [2.05, 4.69) is 9.97 Å². The Morgan fingerprint density at radius 2 is 1.19 bits per heavy atom. The van der Waals surface area contributed by atoms with Crippen molar-refractivity contribution in [3.63, 3.8) is 0 Å². The first-order valence-electron chi connectivity index (χ1n) is 17.0. The highest BCUT2D eigenvalue weighted by Gasteiger charge is 2.53. The molecular weight excluding hydrogens is 680 g/mol. The van der Waals surface area contributed by atoms with Crippen LogP contribution in [-0.4, -0.2) is 109 Å². The van der Waals surface area contributed by atoms with Crippen LogP contribution in [0.15, 0.2) is 22.0 Å². The molecule has 0 saturated carbocycles. The predicted octanol–water partition coefficient (Wildman–Crippen LogP) is 1.50. The zero-order chi connectivity index (χ0) is 38.7. The van der Waals surface area contributed by atoms with E-state index in [-0.39, 0.29) is 37.5 Å². The second kappa shape index (κ2) is 16.2. The molecule has 4 rings (SSSR count). The Labute approximate surface area is 302 Å². The average Bonchev–Trinajstić information content (AvgIpc) is 3.49. The van der Waals surface area contributed by atoms with Crippen molar-refractivity contribution in [1.29, 1.82) is 0 Å². The lowest BCUT2D eigenvalue weighted by atomic mass is 9.83. The average molecular weight is 731 g/mol. The summed E-state index contributed by atoms with van der Waals surface area (Å²) >= 11 is 0. The fourth-order valence-electron chi connectivity index (χ4n) is 7.32. The Bertz CT molecular complexity index is 1640. The van der Waals surface area contributed by atoms with Crippen LogP contribution in [0.5, 0.6) is 0 Å². The van der Waals surface area contributed by atoms with Crippen molar-refractivity contribution in [2.75, 3.05) is 51.3 Å². The third kappa shape index (κ3) is 7.78. The van der Waals surface area contributed by atoms with Gasteiger partial charge < -0.3 is 33.3 Å². The van der Waals surface area contributed by atoms with E-state index in [1.807, 2.05) is 27.7 Å². The van der Waals surface area contributed by atoms with Gasteiger partial charge in [-0.1, -0.05) is 27.7 Å². The lowest BCUT2D eigenvalue weighted by Crippen LogP contribution is -2.40. The highest BCUT2D eigenvalue weighted by Crippen LogP contribution is 2.47. The lowest BCUT2D eigenvalue weighted by Gasteiger charge is -2.31. The van der Waals surface area contributed by atoms with Gasteiger partial charge in [-0.2, -0.15) is 9.97 Å². The summed E-state index contributed by atoms with van der Waals surface area (Å²) in [6.45, 7) is 10.4. The Kier molecular flexibility index (Phi) is 12.7. The molecule has 0 bridgehead atoms. The highest BCUT2D eigenvalue weighted by atomic mass is 16.6. The van der Waals surface area contributed by atoms with Gasteiger partial charge in [-0.25, -0.2) is 9.59 Å². The molecule has 286 valence electrons. The molecule has 2 aromatic heterocycles. The molecular formula is C35H50N6O11. The summed E-state index contributed by atoms with van der Waals surface area (Å²) in [7, 11) is 6.01. The highest BCUT2D eigenvalue weighted by molar-refractivity contribution is 5.94. The Morgan fingerprint density at radius 1 is 0.788 bits per heavy atom. The van der Waals surface area contributed by atoms with E-state index in [4.69, 9.17) is 23.7 Å². The SMILES string of the molecule is COC1C(CC=O)OC(n2cc(C)c(N(C)C(=O)CCOCC(=O)N(C)c3nc(=O)n(C4OC(CC=O)C(OC)C4(C)C)cc3C)nc2=O)C1(C)C.